The Bertz CT molecular complexity index is 518. The smallest absolute Gasteiger partial charge is 0.157 e. The van der Waals surface area contributed by atoms with E-state index < -0.39 is 0 Å². The van der Waals surface area contributed by atoms with Gasteiger partial charge in [-0.2, -0.15) is 5.10 Å². The molecule has 96 valence electrons. The number of nitrogens with zero attached hydrogens (tertiary/aromatic N) is 3. The van der Waals surface area contributed by atoms with Crippen LogP contribution in [0.15, 0.2) is 17.8 Å². The molecule has 0 aromatic carbocycles. The van der Waals surface area contributed by atoms with Crippen LogP contribution in [0.2, 0.25) is 0 Å². The predicted molar refractivity (Wildman–Crippen MR) is 69.5 cm³/mol. The first-order valence-electron chi connectivity index (χ1n) is 6.08. The van der Waals surface area contributed by atoms with Gasteiger partial charge in [0.1, 0.15) is 11.6 Å². The fraction of sp³-hybridized carbons (Fsp3) is 0.500. The van der Waals surface area contributed by atoms with E-state index in [9.17, 15) is 0 Å². The summed E-state index contributed by atoms with van der Waals surface area (Å²) in [6.07, 6.45) is 6.18. The van der Waals surface area contributed by atoms with E-state index in [1.54, 1.807) is 22.2 Å². The molecule has 1 fully saturated rings. The summed E-state index contributed by atoms with van der Waals surface area (Å²) in [7, 11) is 1.87. The maximum absolute atomic E-state index is 5.60. The van der Waals surface area contributed by atoms with Gasteiger partial charge in [0, 0.05) is 25.0 Å². The van der Waals surface area contributed by atoms with Crippen LogP contribution in [-0.2, 0) is 20.2 Å². The van der Waals surface area contributed by atoms with Crippen LogP contribution in [0.5, 0.6) is 5.75 Å². The van der Waals surface area contributed by atoms with Gasteiger partial charge in [-0.3, -0.25) is 4.68 Å². The van der Waals surface area contributed by atoms with Crippen LogP contribution in [0.3, 0.4) is 0 Å². The zero-order valence-corrected chi connectivity index (χ0v) is 11.1. The number of hydrogen-bond acceptors (Lipinski definition) is 5. The minimum absolute atomic E-state index is 0.506. The summed E-state index contributed by atoms with van der Waals surface area (Å²) >= 11 is 1.69. The molecular formula is C12H16N4OS. The molecule has 1 N–H and O–H groups in total. The number of thiazole rings is 1. The Hall–Kier alpha value is -1.40. The van der Waals surface area contributed by atoms with Gasteiger partial charge in [0.05, 0.1) is 18.1 Å². The molecule has 0 atom stereocenters. The molecule has 6 heteroatoms. The number of aryl methyl sites for hydroxylation is 1. The normalized spacial score (nSPS) is 14.9. The van der Waals surface area contributed by atoms with E-state index in [0.717, 1.165) is 29.0 Å². The second-order valence-electron chi connectivity index (χ2n) is 4.53. The van der Waals surface area contributed by atoms with Crippen LogP contribution in [0.1, 0.15) is 23.5 Å². The molecule has 1 aliphatic rings. The van der Waals surface area contributed by atoms with E-state index in [1.807, 2.05) is 13.2 Å². The fourth-order valence-corrected chi connectivity index (χ4v) is 2.38. The topological polar surface area (TPSA) is 52.0 Å². The quantitative estimate of drug-likeness (QED) is 0.863. The number of ether oxygens (including phenoxy) is 1. The lowest BCUT2D eigenvalue weighted by Crippen LogP contribution is -2.15. The Morgan fingerprint density at radius 3 is 3.17 bits per heavy atom. The largest absolute Gasteiger partial charge is 0.484 e. The molecule has 0 unspecified atom stereocenters. The molecule has 0 aliphatic heterocycles. The first-order valence-corrected chi connectivity index (χ1v) is 6.95. The van der Waals surface area contributed by atoms with Crippen molar-refractivity contribution < 1.29 is 4.74 Å². The molecule has 0 amide bonds. The summed E-state index contributed by atoms with van der Waals surface area (Å²) in [5.41, 5.74) is 0.983. The van der Waals surface area contributed by atoms with E-state index in [1.165, 1.54) is 12.8 Å². The third-order valence-corrected chi connectivity index (χ3v) is 3.68. The number of aromatic nitrogens is 3. The molecule has 1 aliphatic carbocycles. The zero-order chi connectivity index (χ0) is 12.4. The van der Waals surface area contributed by atoms with E-state index >= 15 is 0 Å². The lowest BCUT2D eigenvalue weighted by Gasteiger charge is -2.00. The predicted octanol–water partition coefficient (Wildman–Crippen LogP) is 1.71. The molecule has 0 saturated heterocycles. The molecular weight excluding hydrogens is 248 g/mol. The molecule has 5 nitrogen and oxygen atoms in total. The van der Waals surface area contributed by atoms with Crippen LogP contribution in [-0.4, -0.2) is 20.8 Å². The molecule has 0 radical (unpaired) electrons. The van der Waals surface area contributed by atoms with Gasteiger partial charge in [-0.15, -0.1) is 11.3 Å². The Labute approximate surface area is 110 Å². The van der Waals surface area contributed by atoms with Crippen molar-refractivity contribution in [3.05, 3.63) is 28.5 Å². The zero-order valence-electron chi connectivity index (χ0n) is 10.3. The maximum atomic E-state index is 5.60. The summed E-state index contributed by atoms with van der Waals surface area (Å²) < 4.78 is 7.33. The highest BCUT2D eigenvalue weighted by atomic mass is 32.1. The van der Waals surface area contributed by atoms with Crippen molar-refractivity contribution in [2.75, 3.05) is 0 Å². The molecule has 0 bridgehead atoms. The van der Waals surface area contributed by atoms with E-state index in [0.29, 0.717) is 6.61 Å². The van der Waals surface area contributed by atoms with Crippen LogP contribution >= 0.6 is 11.3 Å². The third kappa shape index (κ3) is 3.08. The number of nitrogens with one attached hydrogen (secondary N) is 1. The lowest BCUT2D eigenvalue weighted by atomic mass is 10.5. The van der Waals surface area contributed by atoms with Gasteiger partial charge in [-0.25, -0.2) is 4.98 Å². The van der Waals surface area contributed by atoms with Gasteiger partial charge in [-0.1, -0.05) is 0 Å². The van der Waals surface area contributed by atoms with Gasteiger partial charge < -0.3 is 10.1 Å². The van der Waals surface area contributed by atoms with Crippen LogP contribution in [0.25, 0.3) is 0 Å². The van der Waals surface area contributed by atoms with Gasteiger partial charge >= 0.3 is 0 Å². The molecule has 2 heterocycles. The van der Waals surface area contributed by atoms with Crippen molar-refractivity contribution in [2.24, 2.45) is 7.05 Å². The number of rotatable bonds is 6. The average molecular weight is 264 g/mol. The Balaban J connectivity index is 1.49. The SMILES string of the molecule is Cn1cc(OCc2csc(CNC3CC3)n2)cn1. The lowest BCUT2D eigenvalue weighted by molar-refractivity contribution is 0.301. The summed E-state index contributed by atoms with van der Waals surface area (Å²) in [6.45, 7) is 1.38. The molecule has 0 spiro atoms. The van der Waals surface area contributed by atoms with Crippen molar-refractivity contribution >= 4 is 11.3 Å². The van der Waals surface area contributed by atoms with E-state index in [-0.39, 0.29) is 0 Å². The minimum Gasteiger partial charge on any atom is -0.484 e. The van der Waals surface area contributed by atoms with Gasteiger partial charge in [0.2, 0.25) is 0 Å². The Kier molecular flexibility index (Phi) is 3.29. The van der Waals surface area contributed by atoms with Gasteiger partial charge in [0.15, 0.2) is 5.75 Å². The Morgan fingerprint density at radius 1 is 1.56 bits per heavy atom. The minimum atomic E-state index is 0.506. The number of hydrogen-bond donors (Lipinski definition) is 1. The molecule has 3 rings (SSSR count). The summed E-state index contributed by atoms with van der Waals surface area (Å²) in [4.78, 5) is 4.54. The van der Waals surface area contributed by atoms with Crippen molar-refractivity contribution in [2.45, 2.75) is 32.0 Å². The maximum Gasteiger partial charge on any atom is 0.157 e. The third-order valence-electron chi connectivity index (χ3n) is 2.79. The van der Waals surface area contributed by atoms with Gasteiger partial charge in [-0.05, 0) is 12.8 Å². The van der Waals surface area contributed by atoms with Crippen molar-refractivity contribution in [1.82, 2.24) is 20.1 Å². The van der Waals surface area contributed by atoms with Crippen LogP contribution < -0.4 is 10.1 Å². The molecule has 2 aromatic heterocycles. The highest BCUT2D eigenvalue weighted by Gasteiger charge is 2.20. The highest BCUT2D eigenvalue weighted by Crippen LogP contribution is 2.20. The first kappa shape index (κ1) is 11.7. The second-order valence-corrected chi connectivity index (χ2v) is 5.47. The molecule has 1 saturated carbocycles. The first-order chi connectivity index (χ1) is 8.79. The summed E-state index contributed by atoms with van der Waals surface area (Å²) in [6, 6.07) is 0.726. The Morgan fingerprint density at radius 2 is 2.44 bits per heavy atom. The van der Waals surface area contributed by atoms with Gasteiger partial charge in [0.25, 0.3) is 0 Å². The summed E-state index contributed by atoms with van der Waals surface area (Å²) in [5.74, 6) is 0.781. The monoisotopic (exact) mass is 264 g/mol. The standard InChI is InChI=1S/C12H16N4OS/c1-16-6-11(4-14-16)17-7-10-8-18-12(15-10)5-13-9-2-3-9/h4,6,8-9,13H,2-3,5,7H2,1H3. The summed E-state index contributed by atoms with van der Waals surface area (Å²) in [5, 5.41) is 10.7. The second kappa shape index (κ2) is 5.07. The van der Waals surface area contributed by atoms with Crippen LogP contribution in [0, 0.1) is 0 Å². The van der Waals surface area contributed by atoms with E-state index in [4.69, 9.17) is 4.74 Å². The van der Waals surface area contributed by atoms with Crippen molar-refractivity contribution in [1.29, 1.82) is 0 Å². The molecule has 2 aromatic rings. The fourth-order valence-electron chi connectivity index (χ4n) is 1.65. The van der Waals surface area contributed by atoms with E-state index in [2.05, 4.69) is 20.8 Å². The highest BCUT2D eigenvalue weighted by molar-refractivity contribution is 7.09. The molecule has 18 heavy (non-hydrogen) atoms. The van der Waals surface area contributed by atoms with Crippen LogP contribution in [0.4, 0.5) is 0 Å². The van der Waals surface area contributed by atoms with Crippen molar-refractivity contribution in [3.8, 4) is 5.75 Å². The average Bonchev–Trinajstić information content (AvgIpc) is 2.93. The van der Waals surface area contributed by atoms with Crippen molar-refractivity contribution in [3.63, 3.8) is 0 Å².